The molecule has 0 aromatic carbocycles. The van der Waals surface area contributed by atoms with E-state index in [-0.39, 0.29) is 0 Å². The fraction of sp³-hybridized carbons (Fsp3) is 0.625. The molecule has 0 aliphatic carbocycles. The zero-order chi connectivity index (χ0) is 11.0. The summed E-state index contributed by atoms with van der Waals surface area (Å²) in [6, 6.07) is 1.63. The van der Waals surface area contributed by atoms with E-state index >= 15 is 0 Å². The van der Waals surface area contributed by atoms with Gasteiger partial charge in [0.15, 0.2) is 9.84 Å². The summed E-state index contributed by atoms with van der Waals surface area (Å²) in [5.74, 6) is 0. The van der Waals surface area contributed by atoms with Gasteiger partial charge in [-0.15, -0.1) is 0 Å². The molecule has 14 heavy (non-hydrogen) atoms. The minimum atomic E-state index is -3.31. The van der Waals surface area contributed by atoms with Gasteiger partial charge >= 0.3 is 0 Å². The van der Waals surface area contributed by atoms with Crippen LogP contribution in [0.5, 0.6) is 0 Å². The predicted octanol–water partition coefficient (Wildman–Crippen LogP) is 1.000. The van der Waals surface area contributed by atoms with Crippen molar-refractivity contribution in [1.29, 1.82) is 0 Å². The van der Waals surface area contributed by atoms with E-state index in [9.17, 15) is 13.5 Å². The van der Waals surface area contributed by atoms with E-state index in [4.69, 9.17) is 0 Å². The Balaban J connectivity index is 3.07. The Morgan fingerprint density at radius 1 is 1.57 bits per heavy atom. The lowest BCUT2D eigenvalue weighted by molar-refractivity contribution is 0.136. The SMILES string of the molecule is CC(C)(C(O)c1ccsn1)S(C)(=O)=O. The molecule has 1 atom stereocenters. The van der Waals surface area contributed by atoms with Crippen LogP contribution in [0.25, 0.3) is 0 Å². The molecule has 1 heterocycles. The molecular weight excluding hydrogens is 222 g/mol. The average Bonchev–Trinajstić information content (AvgIpc) is 2.52. The van der Waals surface area contributed by atoms with E-state index in [0.717, 1.165) is 6.26 Å². The molecule has 0 aliphatic rings. The van der Waals surface area contributed by atoms with Crippen molar-refractivity contribution < 1.29 is 13.5 Å². The lowest BCUT2D eigenvalue weighted by Gasteiger charge is -2.27. The van der Waals surface area contributed by atoms with Crippen LogP contribution in [0.3, 0.4) is 0 Å². The Bertz CT molecular complexity index is 394. The molecule has 0 saturated carbocycles. The lowest BCUT2D eigenvalue weighted by atomic mass is 10.0. The number of sulfone groups is 1. The summed E-state index contributed by atoms with van der Waals surface area (Å²) in [6.07, 6.45) is 0.0338. The van der Waals surface area contributed by atoms with Gasteiger partial charge in [0, 0.05) is 11.6 Å². The van der Waals surface area contributed by atoms with Crippen LogP contribution in [-0.2, 0) is 9.84 Å². The van der Waals surface area contributed by atoms with Gasteiger partial charge < -0.3 is 5.11 Å². The largest absolute Gasteiger partial charge is 0.385 e. The van der Waals surface area contributed by atoms with Crippen molar-refractivity contribution in [1.82, 2.24) is 4.37 Å². The van der Waals surface area contributed by atoms with Crippen molar-refractivity contribution in [2.24, 2.45) is 0 Å². The first-order valence-electron chi connectivity index (χ1n) is 4.05. The summed E-state index contributed by atoms with van der Waals surface area (Å²) >= 11 is 1.19. The first-order chi connectivity index (χ1) is 6.27. The molecule has 1 aromatic heterocycles. The molecule has 1 aromatic rings. The molecule has 0 spiro atoms. The molecule has 0 radical (unpaired) electrons. The molecule has 0 amide bonds. The van der Waals surface area contributed by atoms with Gasteiger partial charge in [0.1, 0.15) is 6.10 Å². The zero-order valence-electron chi connectivity index (χ0n) is 8.26. The van der Waals surface area contributed by atoms with Gasteiger partial charge in [-0.2, -0.15) is 4.37 Å². The maximum absolute atomic E-state index is 11.4. The van der Waals surface area contributed by atoms with Crippen LogP contribution in [0.1, 0.15) is 25.6 Å². The number of nitrogens with zero attached hydrogens (tertiary/aromatic N) is 1. The lowest BCUT2D eigenvalue weighted by Crippen LogP contribution is -2.37. The first-order valence-corrected chi connectivity index (χ1v) is 6.77. The van der Waals surface area contributed by atoms with Crippen molar-refractivity contribution in [2.45, 2.75) is 24.7 Å². The average molecular weight is 235 g/mol. The van der Waals surface area contributed by atoms with Crippen LogP contribution in [0.2, 0.25) is 0 Å². The Hall–Kier alpha value is -0.460. The van der Waals surface area contributed by atoms with Gasteiger partial charge in [-0.25, -0.2) is 8.42 Å². The smallest absolute Gasteiger partial charge is 0.155 e. The van der Waals surface area contributed by atoms with Gasteiger partial charge in [0.25, 0.3) is 0 Å². The van der Waals surface area contributed by atoms with Crippen LogP contribution in [0, 0.1) is 0 Å². The number of aliphatic hydroxyl groups excluding tert-OH is 1. The maximum Gasteiger partial charge on any atom is 0.155 e. The van der Waals surface area contributed by atoms with Crippen LogP contribution in [0.15, 0.2) is 11.4 Å². The highest BCUT2D eigenvalue weighted by Gasteiger charge is 2.39. The number of hydrogen-bond acceptors (Lipinski definition) is 5. The third kappa shape index (κ3) is 1.97. The van der Waals surface area contributed by atoms with E-state index in [1.807, 2.05) is 0 Å². The van der Waals surface area contributed by atoms with Crippen LogP contribution >= 0.6 is 11.5 Å². The van der Waals surface area contributed by atoms with Crippen molar-refractivity contribution in [3.63, 3.8) is 0 Å². The Morgan fingerprint density at radius 2 is 2.14 bits per heavy atom. The summed E-state index contributed by atoms with van der Waals surface area (Å²) in [7, 11) is -3.31. The quantitative estimate of drug-likeness (QED) is 0.848. The van der Waals surface area contributed by atoms with Crippen LogP contribution in [-0.4, -0.2) is 28.9 Å². The van der Waals surface area contributed by atoms with Crippen molar-refractivity contribution in [2.75, 3.05) is 6.26 Å². The molecule has 80 valence electrons. The van der Waals surface area contributed by atoms with Crippen molar-refractivity contribution in [3.05, 3.63) is 17.1 Å². The molecule has 0 bridgehead atoms. The van der Waals surface area contributed by atoms with Gasteiger partial charge in [-0.3, -0.25) is 0 Å². The van der Waals surface area contributed by atoms with E-state index in [0.29, 0.717) is 5.69 Å². The Labute approximate surface area is 87.7 Å². The van der Waals surface area contributed by atoms with Gasteiger partial charge in [-0.1, -0.05) is 0 Å². The summed E-state index contributed by atoms with van der Waals surface area (Å²) in [5.41, 5.74) is 0.408. The standard InChI is InChI=1S/C8H13NO3S2/c1-8(2,14(3,11)12)7(10)6-4-5-13-9-6/h4-5,7,10H,1-3H3. The highest BCUT2D eigenvalue weighted by molar-refractivity contribution is 7.92. The number of aliphatic hydroxyl groups is 1. The molecule has 6 heteroatoms. The topological polar surface area (TPSA) is 67.3 Å². The summed E-state index contributed by atoms with van der Waals surface area (Å²) < 4.78 is 25.5. The Morgan fingerprint density at radius 3 is 2.50 bits per heavy atom. The molecule has 1 rings (SSSR count). The van der Waals surface area contributed by atoms with E-state index in [1.165, 1.54) is 25.4 Å². The molecule has 0 aliphatic heterocycles. The van der Waals surface area contributed by atoms with E-state index in [1.54, 1.807) is 11.4 Å². The fourth-order valence-electron chi connectivity index (χ4n) is 0.922. The molecule has 0 saturated heterocycles. The number of aromatic nitrogens is 1. The van der Waals surface area contributed by atoms with Gasteiger partial charge in [-0.05, 0) is 31.4 Å². The molecule has 1 unspecified atom stereocenters. The number of rotatable bonds is 3. The molecule has 1 N–H and O–H groups in total. The van der Waals surface area contributed by atoms with Crippen molar-refractivity contribution >= 4 is 21.4 Å². The van der Waals surface area contributed by atoms with Gasteiger partial charge in [0.2, 0.25) is 0 Å². The predicted molar refractivity (Wildman–Crippen MR) is 56.0 cm³/mol. The number of hydrogen-bond donors (Lipinski definition) is 1. The normalized spacial score (nSPS) is 15.4. The second-order valence-electron chi connectivity index (χ2n) is 3.70. The van der Waals surface area contributed by atoms with E-state index < -0.39 is 20.7 Å². The highest BCUT2D eigenvalue weighted by atomic mass is 32.2. The van der Waals surface area contributed by atoms with Gasteiger partial charge in [0.05, 0.1) is 10.4 Å². The molecular formula is C8H13NO3S2. The fourth-order valence-corrected chi connectivity index (χ4v) is 1.99. The highest BCUT2D eigenvalue weighted by Crippen LogP contribution is 2.31. The minimum Gasteiger partial charge on any atom is -0.385 e. The van der Waals surface area contributed by atoms with Crippen molar-refractivity contribution in [3.8, 4) is 0 Å². The van der Waals surface area contributed by atoms with Crippen LogP contribution < -0.4 is 0 Å². The van der Waals surface area contributed by atoms with E-state index in [2.05, 4.69) is 4.37 Å². The summed E-state index contributed by atoms with van der Waals surface area (Å²) in [4.78, 5) is 0. The second kappa shape index (κ2) is 3.60. The van der Waals surface area contributed by atoms with Crippen LogP contribution in [0.4, 0.5) is 0 Å². The summed E-state index contributed by atoms with van der Waals surface area (Å²) in [6.45, 7) is 2.98. The second-order valence-corrected chi connectivity index (χ2v) is 6.96. The first kappa shape index (κ1) is 11.6. The maximum atomic E-state index is 11.4. The molecule has 4 nitrogen and oxygen atoms in total. The Kier molecular flexibility index (Phi) is 2.99. The monoisotopic (exact) mass is 235 g/mol. The third-order valence-electron chi connectivity index (χ3n) is 2.35. The molecule has 0 fully saturated rings. The zero-order valence-corrected chi connectivity index (χ0v) is 9.89. The minimum absolute atomic E-state index is 0.408. The third-order valence-corrected chi connectivity index (χ3v) is 5.06. The summed E-state index contributed by atoms with van der Waals surface area (Å²) in [5, 5.41) is 11.5.